The molecule has 0 aromatic heterocycles. The summed E-state index contributed by atoms with van der Waals surface area (Å²) in [6.07, 6.45) is 2.25. The van der Waals surface area contributed by atoms with Gasteiger partial charge in [0.1, 0.15) is 0 Å². The van der Waals surface area contributed by atoms with Crippen LogP contribution >= 0.6 is 15.9 Å². The first kappa shape index (κ1) is 15.7. The summed E-state index contributed by atoms with van der Waals surface area (Å²) < 4.78 is 5.70. The number of ether oxygens (including phenoxy) is 1. The summed E-state index contributed by atoms with van der Waals surface area (Å²) in [6, 6.07) is 8.83. The van der Waals surface area contributed by atoms with Gasteiger partial charge in [-0.1, -0.05) is 59.6 Å². The van der Waals surface area contributed by atoms with Crippen molar-refractivity contribution in [2.75, 3.05) is 18.5 Å². The van der Waals surface area contributed by atoms with Crippen molar-refractivity contribution in [1.82, 2.24) is 0 Å². The molecule has 0 heterocycles. The van der Waals surface area contributed by atoms with Gasteiger partial charge < -0.3 is 4.74 Å². The van der Waals surface area contributed by atoms with Gasteiger partial charge in [0.15, 0.2) is 0 Å². The fourth-order valence-corrected chi connectivity index (χ4v) is 2.52. The number of hydrogen-bond donors (Lipinski definition) is 0. The minimum Gasteiger partial charge on any atom is -0.381 e. The minimum atomic E-state index is 0.560. The Kier molecular flexibility index (Phi) is 7.60. The summed E-state index contributed by atoms with van der Waals surface area (Å²) in [7, 11) is 0. The lowest BCUT2D eigenvalue weighted by atomic mass is 9.97. The van der Waals surface area contributed by atoms with Crippen molar-refractivity contribution < 1.29 is 4.74 Å². The second-order valence-corrected chi connectivity index (χ2v) is 5.99. The molecule has 102 valence electrons. The van der Waals surface area contributed by atoms with Crippen LogP contribution in [-0.4, -0.2) is 18.5 Å². The van der Waals surface area contributed by atoms with Crippen molar-refractivity contribution in [3.8, 4) is 0 Å². The Labute approximate surface area is 120 Å². The van der Waals surface area contributed by atoms with Crippen molar-refractivity contribution >= 4 is 15.9 Å². The molecule has 1 rings (SSSR count). The van der Waals surface area contributed by atoms with Gasteiger partial charge in [0.25, 0.3) is 0 Å². The summed E-state index contributed by atoms with van der Waals surface area (Å²) in [5.41, 5.74) is 2.73. The van der Waals surface area contributed by atoms with Gasteiger partial charge in [-0.25, -0.2) is 0 Å². The van der Waals surface area contributed by atoms with Crippen LogP contribution in [0, 0.1) is 12.8 Å². The topological polar surface area (TPSA) is 9.23 Å². The van der Waals surface area contributed by atoms with Crippen LogP contribution < -0.4 is 0 Å². The fourth-order valence-electron chi connectivity index (χ4n) is 1.82. The molecular formula is C16H25BrO. The summed E-state index contributed by atoms with van der Waals surface area (Å²) in [5.74, 6) is 1.29. The van der Waals surface area contributed by atoms with Gasteiger partial charge in [0, 0.05) is 18.5 Å². The van der Waals surface area contributed by atoms with E-state index in [1.807, 2.05) is 0 Å². The predicted molar refractivity (Wildman–Crippen MR) is 82.6 cm³/mol. The molecule has 0 aliphatic carbocycles. The SMILES string of the molecule is Cc1ccc(C(CBr)CCOCCC(C)C)cc1. The molecule has 0 saturated heterocycles. The lowest BCUT2D eigenvalue weighted by Crippen LogP contribution is -2.07. The zero-order chi connectivity index (χ0) is 13.4. The largest absolute Gasteiger partial charge is 0.381 e. The maximum Gasteiger partial charge on any atom is 0.0472 e. The summed E-state index contributed by atoms with van der Waals surface area (Å²) in [6.45, 7) is 8.34. The van der Waals surface area contributed by atoms with E-state index in [-0.39, 0.29) is 0 Å². The molecule has 1 atom stereocenters. The Hall–Kier alpha value is -0.340. The molecule has 0 fully saturated rings. The van der Waals surface area contributed by atoms with E-state index in [9.17, 15) is 0 Å². The van der Waals surface area contributed by atoms with E-state index in [0.717, 1.165) is 37.3 Å². The van der Waals surface area contributed by atoms with Crippen LogP contribution in [0.2, 0.25) is 0 Å². The lowest BCUT2D eigenvalue weighted by Gasteiger charge is -2.15. The van der Waals surface area contributed by atoms with Crippen LogP contribution in [0.1, 0.15) is 43.7 Å². The third-order valence-corrected chi connectivity index (χ3v) is 3.97. The van der Waals surface area contributed by atoms with Crippen LogP contribution in [0.3, 0.4) is 0 Å². The van der Waals surface area contributed by atoms with Gasteiger partial charge in [-0.05, 0) is 37.2 Å². The molecule has 0 saturated carbocycles. The Morgan fingerprint density at radius 1 is 1.06 bits per heavy atom. The van der Waals surface area contributed by atoms with Gasteiger partial charge in [0.2, 0.25) is 0 Å². The molecular weight excluding hydrogens is 288 g/mol. The van der Waals surface area contributed by atoms with Gasteiger partial charge in [-0.3, -0.25) is 0 Å². The maximum atomic E-state index is 5.70. The molecule has 1 aromatic rings. The van der Waals surface area contributed by atoms with E-state index >= 15 is 0 Å². The Balaban J connectivity index is 2.31. The highest BCUT2D eigenvalue weighted by Crippen LogP contribution is 2.22. The van der Waals surface area contributed by atoms with E-state index in [4.69, 9.17) is 4.74 Å². The summed E-state index contributed by atoms with van der Waals surface area (Å²) in [4.78, 5) is 0. The van der Waals surface area contributed by atoms with Crippen molar-refractivity contribution in [1.29, 1.82) is 0 Å². The third-order valence-electron chi connectivity index (χ3n) is 3.19. The first-order valence-corrected chi connectivity index (χ1v) is 7.96. The highest BCUT2D eigenvalue weighted by molar-refractivity contribution is 9.09. The van der Waals surface area contributed by atoms with Crippen molar-refractivity contribution in [3.05, 3.63) is 35.4 Å². The first-order valence-electron chi connectivity index (χ1n) is 6.83. The number of rotatable bonds is 8. The molecule has 0 bridgehead atoms. The number of alkyl halides is 1. The molecule has 1 unspecified atom stereocenters. The molecule has 0 N–H and O–H groups in total. The zero-order valence-corrected chi connectivity index (χ0v) is 13.4. The minimum absolute atomic E-state index is 0.560. The number of aryl methyl sites for hydroxylation is 1. The lowest BCUT2D eigenvalue weighted by molar-refractivity contribution is 0.118. The van der Waals surface area contributed by atoms with Gasteiger partial charge >= 0.3 is 0 Å². The molecule has 0 amide bonds. The third kappa shape index (κ3) is 6.01. The molecule has 0 aliphatic heterocycles. The van der Waals surface area contributed by atoms with Crippen LogP contribution in [0.4, 0.5) is 0 Å². The number of halogens is 1. The summed E-state index contributed by atoms with van der Waals surface area (Å²) >= 11 is 3.61. The zero-order valence-electron chi connectivity index (χ0n) is 11.8. The smallest absolute Gasteiger partial charge is 0.0472 e. The van der Waals surface area contributed by atoms with Gasteiger partial charge in [-0.15, -0.1) is 0 Å². The average Bonchev–Trinajstić information content (AvgIpc) is 2.35. The van der Waals surface area contributed by atoms with Crippen molar-refractivity contribution in [3.63, 3.8) is 0 Å². The van der Waals surface area contributed by atoms with Crippen molar-refractivity contribution in [2.45, 2.75) is 39.5 Å². The van der Waals surface area contributed by atoms with Crippen LogP contribution in [0.15, 0.2) is 24.3 Å². The molecule has 0 radical (unpaired) electrons. The maximum absolute atomic E-state index is 5.70. The van der Waals surface area contributed by atoms with Crippen molar-refractivity contribution in [2.24, 2.45) is 5.92 Å². The fraction of sp³-hybridized carbons (Fsp3) is 0.625. The van der Waals surface area contributed by atoms with Gasteiger partial charge in [0.05, 0.1) is 0 Å². The van der Waals surface area contributed by atoms with Crippen LogP contribution in [-0.2, 0) is 4.74 Å². The monoisotopic (exact) mass is 312 g/mol. The molecule has 2 heteroatoms. The van der Waals surface area contributed by atoms with Crippen LogP contribution in [0.25, 0.3) is 0 Å². The first-order chi connectivity index (χ1) is 8.63. The number of hydrogen-bond acceptors (Lipinski definition) is 1. The Morgan fingerprint density at radius 2 is 1.67 bits per heavy atom. The predicted octanol–water partition coefficient (Wildman–Crippen LogP) is 4.93. The van der Waals surface area contributed by atoms with E-state index in [2.05, 4.69) is 61.0 Å². The highest BCUT2D eigenvalue weighted by Gasteiger charge is 2.09. The second-order valence-electron chi connectivity index (χ2n) is 5.35. The average molecular weight is 313 g/mol. The highest BCUT2D eigenvalue weighted by atomic mass is 79.9. The molecule has 1 aromatic carbocycles. The van der Waals surface area contributed by atoms with E-state index in [1.165, 1.54) is 11.1 Å². The van der Waals surface area contributed by atoms with Crippen LogP contribution in [0.5, 0.6) is 0 Å². The van der Waals surface area contributed by atoms with Gasteiger partial charge in [-0.2, -0.15) is 0 Å². The molecule has 0 spiro atoms. The molecule has 18 heavy (non-hydrogen) atoms. The summed E-state index contributed by atoms with van der Waals surface area (Å²) in [5, 5.41) is 1.00. The quantitative estimate of drug-likeness (QED) is 0.488. The second kappa shape index (κ2) is 8.71. The normalized spacial score (nSPS) is 12.9. The van der Waals surface area contributed by atoms with E-state index < -0.39 is 0 Å². The Morgan fingerprint density at radius 3 is 2.22 bits per heavy atom. The van der Waals surface area contributed by atoms with E-state index in [0.29, 0.717) is 5.92 Å². The Bertz CT molecular complexity index is 318. The molecule has 1 nitrogen and oxygen atoms in total. The van der Waals surface area contributed by atoms with E-state index in [1.54, 1.807) is 0 Å². The standard InChI is InChI=1S/C16H25BrO/c1-13(2)8-10-18-11-9-16(12-17)15-6-4-14(3)5-7-15/h4-7,13,16H,8-12H2,1-3H3. The number of benzene rings is 1. The molecule has 0 aliphatic rings.